The quantitative estimate of drug-likeness (QED) is 0.673. The summed E-state index contributed by atoms with van der Waals surface area (Å²) in [6.45, 7) is 3.77. The summed E-state index contributed by atoms with van der Waals surface area (Å²) in [5.41, 5.74) is 2.64. The number of amides is 1. The van der Waals surface area contributed by atoms with Gasteiger partial charge >= 0.3 is 0 Å². The lowest BCUT2D eigenvalue weighted by Crippen LogP contribution is -2.14. The second-order valence-electron chi connectivity index (χ2n) is 5.11. The highest BCUT2D eigenvalue weighted by Gasteiger charge is 2.16. The maximum atomic E-state index is 12.5. The average Bonchev–Trinajstić information content (AvgIpc) is 2.54. The number of benzene rings is 2. The number of methoxy groups -OCH3 is 1. The number of hydrogen-bond donors (Lipinski definition) is 1. The van der Waals surface area contributed by atoms with Crippen LogP contribution in [-0.2, 0) is 6.42 Å². The molecule has 2 rings (SSSR count). The number of hydrogen-bond acceptors (Lipinski definition) is 4. The van der Waals surface area contributed by atoms with Gasteiger partial charge in [0.05, 0.1) is 17.6 Å². The Morgan fingerprint density at radius 3 is 2.61 bits per heavy atom. The molecule has 2 aromatic rings. The number of aryl methyl sites for hydroxylation is 2. The van der Waals surface area contributed by atoms with E-state index in [0.717, 1.165) is 5.56 Å². The number of nitro groups is 1. The molecular formula is C17H18N2O4. The normalized spacial score (nSPS) is 10.2. The van der Waals surface area contributed by atoms with Gasteiger partial charge in [-0.1, -0.05) is 18.6 Å². The molecule has 0 fully saturated rings. The van der Waals surface area contributed by atoms with Crippen molar-refractivity contribution in [3.63, 3.8) is 0 Å². The molecule has 0 bridgehead atoms. The molecule has 0 aliphatic heterocycles. The molecule has 0 radical (unpaired) electrons. The van der Waals surface area contributed by atoms with Gasteiger partial charge in [0.15, 0.2) is 0 Å². The molecule has 23 heavy (non-hydrogen) atoms. The summed E-state index contributed by atoms with van der Waals surface area (Å²) in [5.74, 6) is 0.169. The second-order valence-corrected chi connectivity index (χ2v) is 5.11. The predicted molar refractivity (Wildman–Crippen MR) is 88.2 cm³/mol. The average molecular weight is 314 g/mol. The van der Waals surface area contributed by atoms with Crippen molar-refractivity contribution >= 4 is 17.3 Å². The van der Waals surface area contributed by atoms with E-state index in [0.29, 0.717) is 29.0 Å². The molecule has 0 unspecified atom stereocenters. The van der Waals surface area contributed by atoms with Crippen LogP contribution in [0.5, 0.6) is 5.75 Å². The first-order chi connectivity index (χ1) is 11.0. The SMILES string of the molecule is CCc1cc([N+](=O)[O-])ccc1NC(=O)c1cc(C)ccc1OC. The lowest BCUT2D eigenvalue weighted by molar-refractivity contribution is -0.384. The molecule has 120 valence electrons. The topological polar surface area (TPSA) is 81.5 Å². The summed E-state index contributed by atoms with van der Waals surface area (Å²) in [7, 11) is 1.50. The molecule has 1 N–H and O–H groups in total. The summed E-state index contributed by atoms with van der Waals surface area (Å²) < 4.78 is 5.22. The monoisotopic (exact) mass is 314 g/mol. The van der Waals surface area contributed by atoms with Crippen LogP contribution >= 0.6 is 0 Å². The Morgan fingerprint density at radius 1 is 1.26 bits per heavy atom. The predicted octanol–water partition coefficient (Wildman–Crippen LogP) is 3.73. The Bertz CT molecular complexity index is 756. The third kappa shape index (κ3) is 3.66. The molecule has 2 aromatic carbocycles. The van der Waals surface area contributed by atoms with E-state index in [1.54, 1.807) is 18.2 Å². The molecule has 0 saturated heterocycles. The number of nitrogens with one attached hydrogen (secondary N) is 1. The highest BCUT2D eigenvalue weighted by molar-refractivity contribution is 6.06. The number of rotatable bonds is 5. The van der Waals surface area contributed by atoms with Crippen molar-refractivity contribution in [2.24, 2.45) is 0 Å². The maximum absolute atomic E-state index is 12.5. The zero-order valence-electron chi connectivity index (χ0n) is 13.3. The van der Waals surface area contributed by atoms with Crippen LogP contribution in [0.3, 0.4) is 0 Å². The largest absolute Gasteiger partial charge is 0.496 e. The van der Waals surface area contributed by atoms with Crippen LogP contribution in [0, 0.1) is 17.0 Å². The van der Waals surface area contributed by atoms with Gasteiger partial charge in [-0.3, -0.25) is 14.9 Å². The minimum absolute atomic E-state index is 0.00739. The molecule has 0 aliphatic rings. The zero-order chi connectivity index (χ0) is 17.0. The van der Waals surface area contributed by atoms with Crippen LogP contribution < -0.4 is 10.1 Å². The first-order valence-electron chi connectivity index (χ1n) is 7.19. The number of carbonyl (C=O) groups is 1. The first kappa shape index (κ1) is 16.5. The number of carbonyl (C=O) groups excluding carboxylic acids is 1. The van der Waals surface area contributed by atoms with Gasteiger partial charge in [-0.2, -0.15) is 0 Å². The second kappa shape index (κ2) is 6.91. The molecule has 0 aromatic heterocycles. The van der Waals surface area contributed by atoms with E-state index in [1.807, 2.05) is 19.9 Å². The number of anilines is 1. The summed E-state index contributed by atoms with van der Waals surface area (Å²) >= 11 is 0. The van der Waals surface area contributed by atoms with E-state index in [-0.39, 0.29) is 11.6 Å². The lowest BCUT2D eigenvalue weighted by Gasteiger charge is -2.12. The van der Waals surface area contributed by atoms with Crippen LogP contribution in [0.25, 0.3) is 0 Å². The Kier molecular flexibility index (Phi) is 4.95. The van der Waals surface area contributed by atoms with Gasteiger partial charge in [0.2, 0.25) is 0 Å². The van der Waals surface area contributed by atoms with Crippen molar-refractivity contribution in [3.8, 4) is 5.75 Å². The molecule has 6 heteroatoms. The third-order valence-electron chi connectivity index (χ3n) is 3.53. The minimum atomic E-state index is -0.450. The van der Waals surface area contributed by atoms with Crippen molar-refractivity contribution in [1.29, 1.82) is 0 Å². The number of non-ortho nitro benzene ring substituents is 1. The number of nitro benzene ring substituents is 1. The molecule has 0 aliphatic carbocycles. The standard InChI is InChI=1S/C17H18N2O4/c1-4-12-10-13(19(21)22)6-7-15(12)18-17(20)14-9-11(2)5-8-16(14)23-3/h5-10H,4H2,1-3H3,(H,18,20). The van der Waals surface area contributed by atoms with Gasteiger partial charge in [0.25, 0.3) is 11.6 Å². The van der Waals surface area contributed by atoms with Gasteiger partial charge in [-0.25, -0.2) is 0 Å². The van der Waals surface area contributed by atoms with Crippen molar-refractivity contribution < 1.29 is 14.5 Å². The van der Waals surface area contributed by atoms with E-state index in [1.165, 1.54) is 19.2 Å². The zero-order valence-corrected chi connectivity index (χ0v) is 13.3. The lowest BCUT2D eigenvalue weighted by atomic mass is 10.1. The molecule has 0 atom stereocenters. The third-order valence-corrected chi connectivity index (χ3v) is 3.53. The van der Waals surface area contributed by atoms with Gasteiger partial charge < -0.3 is 10.1 Å². The van der Waals surface area contributed by atoms with Gasteiger partial charge in [0.1, 0.15) is 5.75 Å². The van der Waals surface area contributed by atoms with Crippen molar-refractivity contribution in [2.75, 3.05) is 12.4 Å². The molecule has 0 spiro atoms. The molecule has 0 heterocycles. The molecule has 1 amide bonds. The Morgan fingerprint density at radius 2 is 2.00 bits per heavy atom. The van der Waals surface area contributed by atoms with Crippen molar-refractivity contribution in [1.82, 2.24) is 0 Å². The van der Waals surface area contributed by atoms with Crippen LogP contribution in [0.1, 0.15) is 28.4 Å². The summed E-state index contributed by atoms with van der Waals surface area (Å²) in [4.78, 5) is 22.9. The van der Waals surface area contributed by atoms with E-state index in [9.17, 15) is 14.9 Å². The summed E-state index contributed by atoms with van der Waals surface area (Å²) in [6, 6.07) is 9.74. The molecular weight excluding hydrogens is 296 g/mol. The van der Waals surface area contributed by atoms with Gasteiger partial charge in [-0.15, -0.1) is 0 Å². The van der Waals surface area contributed by atoms with Crippen molar-refractivity contribution in [3.05, 3.63) is 63.2 Å². The van der Waals surface area contributed by atoms with Gasteiger partial charge in [0, 0.05) is 17.8 Å². The van der Waals surface area contributed by atoms with Crippen LogP contribution in [-0.4, -0.2) is 17.9 Å². The van der Waals surface area contributed by atoms with E-state index in [4.69, 9.17) is 4.74 Å². The fourth-order valence-electron chi connectivity index (χ4n) is 2.30. The van der Waals surface area contributed by atoms with E-state index < -0.39 is 4.92 Å². The highest BCUT2D eigenvalue weighted by atomic mass is 16.6. The first-order valence-corrected chi connectivity index (χ1v) is 7.19. The highest BCUT2D eigenvalue weighted by Crippen LogP contribution is 2.25. The maximum Gasteiger partial charge on any atom is 0.269 e. The smallest absolute Gasteiger partial charge is 0.269 e. The van der Waals surface area contributed by atoms with E-state index >= 15 is 0 Å². The van der Waals surface area contributed by atoms with Gasteiger partial charge in [-0.05, 0) is 37.1 Å². The van der Waals surface area contributed by atoms with Crippen molar-refractivity contribution in [2.45, 2.75) is 20.3 Å². The molecule has 6 nitrogen and oxygen atoms in total. The fraction of sp³-hybridized carbons (Fsp3) is 0.235. The molecule has 0 saturated carbocycles. The van der Waals surface area contributed by atoms with Crippen LogP contribution in [0.15, 0.2) is 36.4 Å². The summed E-state index contributed by atoms with van der Waals surface area (Å²) in [5, 5.41) is 13.7. The Hall–Kier alpha value is -2.89. The Labute approximate surface area is 134 Å². The summed E-state index contributed by atoms with van der Waals surface area (Å²) in [6.07, 6.45) is 0.572. The van der Waals surface area contributed by atoms with Crippen LogP contribution in [0.2, 0.25) is 0 Å². The van der Waals surface area contributed by atoms with Crippen LogP contribution in [0.4, 0.5) is 11.4 Å². The number of ether oxygens (including phenoxy) is 1. The number of nitrogens with zero attached hydrogens (tertiary/aromatic N) is 1. The van der Waals surface area contributed by atoms with E-state index in [2.05, 4.69) is 5.32 Å². The fourth-order valence-corrected chi connectivity index (χ4v) is 2.30. The Balaban J connectivity index is 2.34. The minimum Gasteiger partial charge on any atom is -0.496 e.